The number of aliphatic imine (C=N–C) groups is 1. The summed E-state index contributed by atoms with van der Waals surface area (Å²) in [5.74, 6) is -0.137. The minimum absolute atomic E-state index is 0.117. The molecule has 0 saturated carbocycles. The first kappa shape index (κ1) is 12.4. The Balaban J connectivity index is 1.89. The highest BCUT2D eigenvalue weighted by atomic mass is 16.2. The van der Waals surface area contributed by atoms with Gasteiger partial charge in [-0.1, -0.05) is 18.2 Å². The molecule has 100 valence electrons. The summed E-state index contributed by atoms with van der Waals surface area (Å²) in [7, 11) is 0. The van der Waals surface area contributed by atoms with Gasteiger partial charge >= 0.3 is 6.03 Å². The van der Waals surface area contributed by atoms with Gasteiger partial charge in [0, 0.05) is 6.20 Å². The van der Waals surface area contributed by atoms with E-state index in [-0.39, 0.29) is 12.5 Å². The van der Waals surface area contributed by atoms with Gasteiger partial charge in [0.05, 0.1) is 23.9 Å². The highest BCUT2D eigenvalue weighted by Gasteiger charge is 2.35. The van der Waals surface area contributed by atoms with Crippen molar-refractivity contribution in [3.63, 3.8) is 0 Å². The number of nitrogens with zero attached hydrogens (tertiary/aromatic N) is 4. The Morgan fingerprint density at radius 2 is 2.15 bits per heavy atom. The van der Waals surface area contributed by atoms with E-state index in [1.807, 2.05) is 0 Å². The van der Waals surface area contributed by atoms with Crippen molar-refractivity contribution in [3.05, 3.63) is 48.1 Å². The van der Waals surface area contributed by atoms with Crippen molar-refractivity contribution >= 4 is 17.6 Å². The van der Waals surface area contributed by atoms with Crippen LogP contribution in [0, 0.1) is 12.8 Å². The van der Waals surface area contributed by atoms with Gasteiger partial charge in [-0.05, 0) is 19.1 Å². The summed E-state index contributed by atoms with van der Waals surface area (Å²) in [6, 6.07) is 1.14. The predicted octanol–water partition coefficient (Wildman–Crippen LogP) is 1.43. The van der Waals surface area contributed by atoms with Gasteiger partial charge in [-0.3, -0.25) is 9.69 Å². The number of aryl methyl sites for hydroxylation is 1. The van der Waals surface area contributed by atoms with E-state index in [2.05, 4.69) is 15.0 Å². The number of imide groups is 1. The molecule has 1 aromatic rings. The van der Waals surface area contributed by atoms with Crippen molar-refractivity contribution in [3.8, 4) is 0 Å². The third-order valence-electron chi connectivity index (χ3n) is 3.14. The number of amides is 3. The molecule has 2 aliphatic rings. The Morgan fingerprint density at radius 1 is 1.30 bits per heavy atom. The van der Waals surface area contributed by atoms with Crippen LogP contribution in [0.4, 0.5) is 4.79 Å². The smallest absolute Gasteiger partial charge is 0.273 e. The zero-order valence-electron chi connectivity index (χ0n) is 10.9. The molecule has 0 N–H and O–H groups in total. The van der Waals surface area contributed by atoms with Crippen molar-refractivity contribution < 1.29 is 9.59 Å². The van der Waals surface area contributed by atoms with Gasteiger partial charge in [-0.15, -0.1) is 0 Å². The number of allylic oxidation sites excluding steroid dienone is 3. The van der Waals surface area contributed by atoms with Gasteiger partial charge in [0.1, 0.15) is 5.82 Å². The second kappa shape index (κ2) is 4.80. The van der Waals surface area contributed by atoms with Crippen LogP contribution in [-0.4, -0.2) is 32.5 Å². The molecular formula is C14H12N4O2. The van der Waals surface area contributed by atoms with Crippen LogP contribution in [0.25, 0.3) is 0 Å². The first-order valence-electron chi connectivity index (χ1n) is 6.22. The van der Waals surface area contributed by atoms with Crippen LogP contribution in [-0.2, 0) is 11.3 Å². The van der Waals surface area contributed by atoms with Crippen LogP contribution in [0.2, 0.25) is 0 Å². The molecular weight excluding hydrogens is 256 g/mol. The fourth-order valence-corrected chi connectivity index (χ4v) is 2.18. The maximum absolute atomic E-state index is 12.4. The predicted molar refractivity (Wildman–Crippen MR) is 71.9 cm³/mol. The Bertz CT molecular complexity index is 676. The average molecular weight is 268 g/mol. The fraction of sp³-hybridized carbons (Fsp3) is 0.214. The third kappa shape index (κ3) is 2.16. The number of aromatic nitrogens is 2. The molecule has 20 heavy (non-hydrogen) atoms. The molecule has 0 radical (unpaired) electrons. The van der Waals surface area contributed by atoms with Crippen LogP contribution in [0.15, 0.2) is 41.6 Å². The molecule has 6 heteroatoms. The Kier molecular flexibility index (Phi) is 2.98. The van der Waals surface area contributed by atoms with E-state index in [0.717, 1.165) is 4.90 Å². The highest BCUT2D eigenvalue weighted by molar-refractivity contribution is 6.21. The van der Waals surface area contributed by atoms with Crippen molar-refractivity contribution in [2.45, 2.75) is 13.5 Å². The normalized spacial score (nSPS) is 20.9. The largest absolute Gasteiger partial charge is 0.350 e. The fourth-order valence-electron chi connectivity index (χ4n) is 2.18. The zero-order chi connectivity index (χ0) is 14.1. The van der Waals surface area contributed by atoms with Gasteiger partial charge in [-0.2, -0.15) is 4.99 Å². The second-order valence-corrected chi connectivity index (χ2v) is 4.56. The first-order chi connectivity index (χ1) is 9.65. The third-order valence-corrected chi connectivity index (χ3v) is 3.14. The van der Waals surface area contributed by atoms with E-state index in [0.29, 0.717) is 17.2 Å². The number of carbonyl (C=O) groups excluding carboxylic acids is 2. The molecule has 0 bridgehead atoms. The summed E-state index contributed by atoms with van der Waals surface area (Å²) in [6.45, 7) is 1.88. The van der Waals surface area contributed by atoms with Gasteiger partial charge in [0.15, 0.2) is 0 Å². The molecule has 1 aliphatic heterocycles. The molecule has 0 spiro atoms. The van der Waals surface area contributed by atoms with Crippen LogP contribution in [0.3, 0.4) is 0 Å². The Morgan fingerprint density at radius 3 is 2.95 bits per heavy atom. The van der Waals surface area contributed by atoms with Gasteiger partial charge in [-0.25, -0.2) is 14.8 Å². The van der Waals surface area contributed by atoms with E-state index < -0.39 is 11.9 Å². The van der Waals surface area contributed by atoms with Crippen molar-refractivity contribution in [2.24, 2.45) is 10.9 Å². The van der Waals surface area contributed by atoms with E-state index in [9.17, 15) is 9.59 Å². The molecule has 0 saturated heterocycles. The maximum atomic E-state index is 12.4. The van der Waals surface area contributed by atoms with Gasteiger partial charge in [0.2, 0.25) is 5.91 Å². The summed E-state index contributed by atoms with van der Waals surface area (Å²) in [5, 5.41) is 0. The second-order valence-electron chi connectivity index (χ2n) is 4.56. The molecule has 1 aliphatic carbocycles. The van der Waals surface area contributed by atoms with Crippen LogP contribution < -0.4 is 0 Å². The summed E-state index contributed by atoms with van der Waals surface area (Å²) >= 11 is 0. The molecule has 3 amide bonds. The number of fused-ring (bicyclic) bond motifs is 1. The number of carbonyl (C=O) groups is 2. The highest BCUT2D eigenvalue weighted by Crippen LogP contribution is 2.20. The molecule has 1 aromatic heterocycles. The molecule has 1 atom stereocenters. The monoisotopic (exact) mass is 268 g/mol. The SMILES string of the molecule is Cc1nccc(CN2C(=O)N=C3C=CC=CC3C2=O)n1. The lowest BCUT2D eigenvalue weighted by Crippen LogP contribution is -2.45. The minimum atomic E-state index is -0.544. The lowest BCUT2D eigenvalue weighted by molar-refractivity contribution is -0.129. The number of hydrogen-bond acceptors (Lipinski definition) is 4. The molecule has 6 nitrogen and oxygen atoms in total. The Hall–Kier alpha value is -2.63. The first-order valence-corrected chi connectivity index (χ1v) is 6.22. The molecule has 1 unspecified atom stereocenters. The summed E-state index contributed by atoms with van der Waals surface area (Å²) in [6.07, 6.45) is 8.58. The van der Waals surface area contributed by atoms with E-state index in [1.54, 1.807) is 43.5 Å². The maximum Gasteiger partial charge on any atom is 0.350 e. The summed E-state index contributed by atoms with van der Waals surface area (Å²) < 4.78 is 0. The van der Waals surface area contributed by atoms with Gasteiger partial charge in [0.25, 0.3) is 0 Å². The molecule has 3 rings (SSSR count). The Labute approximate surface area is 115 Å². The van der Waals surface area contributed by atoms with Gasteiger partial charge < -0.3 is 0 Å². The molecule has 0 fully saturated rings. The van der Waals surface area contributed by atoms with Crippen molar-refractivity contribution in [1.82, 2.24) is 14.9 Å². The van der Waals surface area contributed by atoms with Crippen molar-refractivity contribution in [1.29, 1.82) is 0 Å². The van der Waals surface area contributed by atoms with E-state index in [1.165, 1.54) is 0 Å². The number of rotatable bonds is 2. The lowest BCUT2D eigenvalue weighted by Gasteiger charge is -2.27. The van der Waals surface area contributed by atoms with Crippen LogP contribution in [0.5, 0.6) is 0 Å². The quantitative estimate of drug-likeness (QED) is 0.813. The summed E-state index contributed by atoms with van der Waals surface area (Å²) in [5.41, 5.74) is 1.12. The van der Waals surface area contributed by atoms with Crippen LogP contribution >= 0.6 is 0 Å². The summed E-state index contributed by atoms with van der Waals surface area (Å²) in [4.78, 5) is 37.6. The minimum Gasteiger partial charge on any atom is -0.273 e. The topological polar surface area (TPSA) is 75.5 Å². The van der Waals surface area contributed by atoms with Crippen molar-refractivity contribution in [2.75, 3.05) is 0 Å². The van der Waals surface area contributed by atoms with E-state index >= 15 is 0 Å². The standard InChI is InChI=1S/C14H12N4O2/c1-9-15-7-6-10(16-9)8-18-13(19)11-4-2-3-5-12(11)17-14(18)20/h2-7,11H,8H2,1H3. The lowest BCUT2D eigenvalue weighted by atomic mass is 9.95. The molecule has 0 aromatic carbocycles. The zero-order valence-corrected chi connectivity index (χ0v) is 10.9. The van der Waals surface area contributed by atoms with Crippen LogP contribution in [0.1, 0.15) is 11.5 Å². The number of urea groups is 1. The molecule has 2 heterocycles. The van der Waals surface area contributed by atoms with E-state index in [4.69, 9.17) is 0 Å². The average Bonchev–Trinajstić information content (AvgIpc) is 2.43. The number of hydrogen-bond donors (Lipinski definition) is 0.